The highest BCUT2D eigenvalue weighted by Crippen LogP contribution is 2.51. The standard InChI is InChI=1S/C48H32Cl2O6/c49-31-19-21-35-39(23-31)41(33-15-7-9-17-37(33)47(51)52)25-43(55-27-29-11-3-1-4-12-29)45(35)46-36-22-20-32(50)24-40(36)42(34-16-8-10-18-38(34)48(53)54)26-44(46)56-28-30-13-5-2-6-14-30/h1-26H,27-28H2,(H,51,52)(H,53,54). The van der Waals surface area contributed by atoms with Crippen molar-refractivity contribution in [3.8, 4) is 44.9 Å². The van der Waals surface area contributed by atoms with E-state index < -0.39 is 11.9 Å². The lowest BCUT2D eigenvalue weighted by Gasteiger charge is -2.24. The number of hydrogen-bond donors (Lipinski definition) is 2. The molecule has 56 heavy (non-hydrogen) atoms. The molecule has 0 aliphatic carbocycles. The predicted molar refractivity (Wildman–Crippen MR) is 223 cm³/mol. The van der Waals surface area contributed by atoms with Crippen LogP contribution in [0.2, 0.25) is 10.0 Å². The van der Waals surface area contributed by atoms with Crippen LogP contribution < -0.4 is 9.47 Å². The van der Waals surface area contributed by atoms with Crippen LogP contribution in [0.25, 0.3) is 54.9 Å². The summed E-state index contributed by atoms with van der Waals surface area (Å²) in [6.45, 7) is 0.419. The van der Waals surface area contributed by atoms with Gasteiger partial charge in [0, 0.05) is 21.2 Å². The molecular formula is C48H32Cl2O6. The van der Waals surface area contributed by atoms with Gasteiger partial charge in [0.25, 0.3) is 0 Å². The minimum Gasteiger partial charge on any atom is -0.488 e. The first-order valence-electron chi connectivity index (χ1n) is 17.8. The third-order valence-electron chi connectivity index (χ3n) is 9.75. The molecule has 274 valence electrons. The Bertz CT molecular complexity index is 2590. The van der Waals surface area contributed by atoms with E-state index in [0.29, 0.717) is 65.7 Å². The fourth-order valence-electron chi connectivity index (χ4n) is 7.21. The van der Waals surface area contributed by atoms with Gasteiger partial charge in [-0.1, -0.05) is 132 Å². The summed E-state index contributed by atoms with van der Waals surface area (Å²) >= 11 is 13.4. The number of fused-ring (bicyclic) bond motifs is 2. The Kier molecular flexibility index (Phi) is 10.2. The van der Waals surface area contributed by atoms with Crippen LogP contribution in [0.3, 0.4) is 0 Å². The predicted octanol–water partition coefficient (Wildman–Crippen LogP) is 12.9. The molecule has 0 saturated heterocycles. The first-order valence-corrected chi connectivity index (χ1v) is 18.5. The van der Waals surface area contributed by atoms with Crippen LogP contribution in [-0.2, 0) is 13.2 Å². The molecule has 2 N–H and O–H groups in total. The van der Waals surface area contributed by atoms with Gasteiger partial charge in [0.15, 0.2) is 0 Å². The lowest BCUT2D eigenvalue weighted by atomic mass is 9.85. The average molecular weight is 776 g/mol. The minimum atomic E-state index is -1.07. The van der Waals surface area contributed by atoms with Gasteiger partial charge in [-0.05, 0) is 103 Å². The van der Waals surface area contributed by atoms with Gasteiger partial charge in [-0.3, -0.25) is 0 Å². The fourth-order valence-corrected chi connectivity index (χ4v) is 7.55. The topological polar surface area (TPSA) is 93.1 Å². The van der Waals surface area contributed by atoms with E-state index in [4.69, 9.17) is 32.7 Å². The summed E-state index contributed by atoms with van der Waals surface area (Å²) in [7, 11) is 0. The maximum atomic E-state index is 12.6. The van der Waals surface area contributed by atoms with E-state index in [-0.39, 0.29) is 24.3 Å². The molecule has 0 aromatic heterocycles. The number of carboxylic acids is 2. The molecule has 0 fully saturated rings. The molecule has 8 heteroatoms. The summed E-state index contributed by atoms with van der Waals surface area (Å²) in [5.74, 6) is -1.19. The van der Waals surface area contributed by atoms with Crippen molar-refractivity contribution in [1.29, 1.82) is 0 Å². The zero-order valence-corrected chi connectivity index (χ0v) is 31.2. The molecular weight excluding hydrogens is 743 g/mol. The van der Waals surface area contributed by atoms with E-state index in [1.165, 1.54) is 0 Å². The Balaban J connectivity index is 1.49. The zero-order valence-electron chi connectivity index (χ0n) is 29.7. The summed E-state index contributed by atoms with van der Waals surface area (Å²) in [5.41, 5.74) is 5.72. The van der Waals surface area contributed by atoms with Gasteiger partial charge in [0.05, 0.1) is 11.1 Å². The molecule has 0 saturated carbocycles. The van der Waals surface area contributed by atoms with Crippen LogP contribution in [0.5, 0.6) is 11.5 Å². The second kappa shape index (κ2) is 15.6. The molecule has 6 nitrogen and oxygen atoms in total. The number of ether oxygens (including phenoxy) is 2. The van der Waals surface area contributed by atoms with Crippen molar-refractivity contribution < 1.29 is 29.3 Å². The summed E-state index contributed by atoms with van der Waals surface area (Å²) in [6, 6.07) is 48.0. The summed E-state index contributed by atoms with van der Waals surface area (Å²) in [5, 5.41) is 24.4. The van der Waals surface area contributed by atoms with E-state index in [0.717, 1.165) is 21.9 Å². The number of rotatable bonds is 11. The van der Waals surface area contributed by atoms with Crippen LogP contribution in [0, 0.1) is 0 Å². The third kappa shape index (κ3) is 7.16. The molecule has 0 heterocycles. The van der Waals surface area contributed by atoms with Crippen LogP contribution in [-0.4, -0.2) is 22.2 Å². The zero-order chi connectivity index (χ0) is 38.8. The highest BCUT2D eigenvalue weighted by molar-refractivity contribution is 6.33. The van der Waals surface area contributed by atoms with E-state index >= 15 is 0 Å². The maximum Gasteiger partial charge on any atom is 0.336 e. The van der Waals surface area contributed by atoms with Gasteiger partial charge in [0.2, 0.25) is 0 Å². The normalized spacial score (nSPS) is 11.1. The summed E-state index contributed by atoms with van der Waals surface area (Å²) in [4.78, 5) is 25.2. The Hall–Kier alpha value is -6.60. The van der Waals surface area contributed by atoms with Crippen LogP contribution in [0.4, 0.5) is 0 Å². The minimum absolute atomic E-state index is 0.129. The lowest BCUT2D eigenvalue weighted by molar-refractivity contribution is 0.0687. The van der Waals surface area contributed by atoms with Crippen molar-refractivity contribution in [2.24, 2.45) is 0 Å². The highest BCUT2D eigenvalue weighted by Gasteiger charge is 2.26. The molecule has 8 aromatic rings. The van der Waals surface area contributed by atoms with E-state index in [1.54, 1.807) is 60.7 Å². The molecule has 0 aliphatic rings. The number of carboxylic acid groups (broad SMARTS) is 2. The van der Waals surface area contributed by atoms with E-state index in [1.807, 2.05) is 97.1 Å². The fraction of sp³-hybridized carbons (Fsp3) is 0.0417. The Morgan fingerprint density at radius 3 is 1.20 bits per heavy atom. The van der Waals surface area contributed by atoms with Crippen LogP contribution in [0.1, 0.15) is 31.8 Å². The number of aromatic carboxylic acids is 2. The second-order valence-corrected chi connectivity index (χ2v) is 14.1. The van der Waals surface area contributed by atoms with E-state index in [9.17, 15) is 19.8 Å². The van der Waals surface area contributed by atoms with Gasteiger partial charge in [-0.15, -0.1) is 0 Å². The second-order valence-electron chi connectivity index (χ2n) is 13.2. The maximum absolute atomic E-state index is 12.6. The Morgan fingerprint density at radius 1 is 0.429 bits per heavy atom. The van der Waals surface area contributed by atoms with Gasteiger partial charge in [0.1, 0.15) is 24.7 Å². The monoisotopic (exact) mass is 774 g/mol. The third-order valence-corrected chi connectivity index (χ3v) is 10.2. The van der Waals surface area contributed by atoms with Crippen molar-refractivity contribution in [2.75, 3.05) is 0 Å². The molecule has 0 amide bonds. The molecule has 0 atom stereocenters. The van der Waals surface area contributed by atoms with Crippen molar-refractivity contribution >= 4 is 56.7 Å². The van der Waals surface area contributed by atoms with Gasteiger partial charge < -0.3 is 19.7 Å². The van der Waals surface area contributed by atoms with Crippen molar-refractivity contribution in [3.05, 3.63) is 190 Å². The molecule has 0 radical (unpaired) electrons. The van der Waals surface area contributed by atoms with Crippen molar-refractivity contribution in [3.63, 3.8) is 0 Å². The van der Waals surface area contributed by atoms with Gasteiger partial charge in [-0.25, -0.2) is 9.59 Å². The van der Waals surface area contributed by atoms with Crippen molar-refractivity contribution in [1.82, 2.24) is 0 Å². The van der Waals surface area contributed by atoms with Crippen molar-refractivity contribution in [2.45, 2.75) is 13.2 Å². The molecule has 8 rings (SSSR count). The number of halogens is 2. The van der Waals surface area contributed by atoms with Crippen LogP contribution in [0.15, 0.2) is 158 Å². The molecule has 0 bridgehead atoms. The first-order chi connectivity index (χ1) is 27.3. The SMILES string of the molecule is O=C(O)c1ccccc1-c1cc(OCc2ccccc2)c(-c2c(OCc3ccccc3)cc(-c3ccccc3C(=O)O)c3cc(Cl)ccc23)c2ccc(Cl)cc12. The molecule has 8 aromatic carbocycles. The number of hydrogen-bond acceptors (Lipinski definition) is 4. The van der Waals surface area contributed by atoms with E-state index in [2.05, 4.69) is 0 Å². The molecule has 0 spiro atoms. The lowest BCUT2D eigenvalue weighted by Crippen LogP contribution is -2.04. The highest BCUT2D eigenvalue weighted by atomic mass is 35.5. The smallest absolute Gasteiger partial charge is 0.336 e. The van der Waals surface area contributed by atoms with Gasteiger partial charge in [-0.2, -0.15) is 0 Å². The Morgan fingerprint density at radius 2 is 0.804 bits per heavy atom. The number of carbonyl (C=O) groups is 2. The molecule has 0 aliphatic heterocycles. The number of benzene rings is 8. The summed E-state index contributed by atoms with van der Waals surface area (Å²) in [6.07, 6.45) is 0. The largest absolute Gasteiger partial charge is 0.488 e. The first kappa shape index (κ1) is 36.4. The quantitative estimate of drug-likeness (QED) is 0.136. The Labute approximate surface area is 332 Å². The average Bonchev–Trinajstić information content (AvgIpc) is 3.22. The molecule has 0 unspecified atom stereocenters. The van der Waals surface area contributed by atoms with Crippen LogP contribution >= 0.6 is 23.2 Å². The summed E-state index contributed by atoms with van der Waals surface area (Å²) < 4.78 is 13.6. The van der Waals surface area contributed by atoms with Gasteiger partial charge >= 0.3 is 11.9 Å².